The molecule has 0 aromatic heterocycles. The lowest BCUT2D eigenvalue weighted by Crippen LogP contribution is -2.05. The molecule has 0 saturated carbocycles. The molecule has 0 fully saturated rings. The molecule has 0 heterocycles. The van der Waals surface area contributed by atoms with Crippen LogP contribution in [0.4, 0.5) is 0 Å². The minimum absolute atomic E-state index is 0.0791. The highest BCUT2D eigenvalue weighted by Crippen LogP contribution is 2.13. The van der Waals surface area contributed by atoms with Gasteiger partial charge in [-0.05, 0) is 25.1 Å². The van der Waals surface area contributed by atoms with E-state index in [4.69, 9.17) is 4.74 Å². The van der Waals surface area contributed by atoms with Gasteiger partial charge in [-0.2, -0.15) is 4.89 Å². The normalized spacial score (nSPS) is 9.57. The SMILES string of the molecule is [CH2]COOC(=O)c1cccc(OC)c1. The van der Waals surface area contributed by atoms with Crippen LogP contribution >= 0.6 is 0 Å². The number of methoxy groups -OCH3 is 1. The van der Waals surface area contributed by atoms with Crippen LogP contribution in [-0.2, 0) is 9.78 Å². The summed E-state index contributed by atoms with van der Waals surface area (Å²) in [6, 6.07) is 6.60. The zero-order valence-corrected chi connectivity index (χ0v) is 7.86. The van der Waals surface area contributed by atoms with Crippen LogP contribution in [0, 0.1) is 6.92 Å². The van der Waals surface area contributed by atoms with E-state index < -0.39 is 5.97 Å². The van der Waals surface area contributed by atoms with E-state index in [0.29, 0.717) is 11.3 Å². The van der Waals surface area contributed by atoms with Crippen LogP contribution in [0.5, 0.6) is 5.75 Å². The summed E-state index contributed by atoms with van der Waals surface area (Å²) in [6.07, 6.45) is 0. The highest BCUT2D eigenvalue weighted by atomic mass is 17.2. The number of carbonyl (C=O) groups is 1. The van der Waals surface area contributed by atoms with Gasteiger partial charge in [0.05, 0.1) is 19.3 Å². The van der Waals surface area contributed by atoms with Gasteiger partial charge >= 0.3 is 5.97 Å². The van der Waals surface area contributed by atoms with Gasteiger partial charge in [0, 0.05) is 0 Å². The molecule has 0 unspecified atom stereocenters. The third-order valence-electron chi connectivity index (χ3n) is 1.52. The third-order valence-corrected chi connectivity index (χ3v) is 1.52. The Morgan fingerprint density at radius 3 is 2.93 bits per heavy atom. The molecule has 0 amide bonds. The summed E-state index contributed by atoms with van der Waals surface area (Å²) in [5, 5.41) is 0. The summed E-state index contributed by atoms with van der Waals surface area (Å²) in [5.41, 5.74) is 0.373. The van der Waals surface area contributed by atoms with Crippen molar-refractivity contribution in [2.24, 2.45) is 0 Å². The van der Waals surface area contributed by atoms with E-state index in [1.807, 2.05) is 0 Å². The number of hydrogen-bond acceptors (Lipinski definition) is 4. The second-order valence-corrected chi connectivity index (χ2v) is 2.42. The number of benzene rings is 1. The smallest absolute Gasteiger partial charge is 0.373 e. The van der Waals surface area contributed by atoms with E-state index in [2.05, 4.69) is 16.7 Å². The summed E-state index contributed by atoms with van der Waals surface area (Å²) >= 11 is 0. The third kappa shape index (κ3) is 2.74. The molecule has 0 spiro atoms. The first-order valence-corrected chi connectivity index (χ1v) is 4.05. The summed E-state index contributed by atoms with van der Waals surface area (Å²) in [5.74, 6) is 0.0293. The second kappa shape index (κ2) is 5.24. The fraction of sp³-hybridized carbons (Fsp3) is 0.200. The number of hydrogen-bond donors (Lipinski definition) is 0. The average molecular weight is 195 g/mol. The highest BCUT2D eigenvalue weighted by molar-refractivity contribution is 5.89. The average Bonchev–Trinajstić information content (AvgIpc) is 2.26. The predicted molar refractivity (Wildman–Crippen MR) is 49.7 cm³/mol. The lowest BCUT2D eigenvalue weighted by Gasteiger charge is -2.03. The Labute approximate surface area is 82.3 Å². The van der Waals surface area contributed by atoms with Gasteiger partial charge in [0.1, 0.15) is 5.75 Å². The first-order chi connectivity index (χ1) is 6.77. The minimum Gasteiger partial charge on any atom is -0.497 e. The molecular formula is C10H11O4. The summed E-state index contributed by atoms with van der Waals surface area (Å²) in [6.45, 7) is 3.44. The zero-order valence-electron chi connectivity index (χ0n) is 7.86. The molecule has 0 bridgehead atoms. The molecule has 1 aromatic carbocycles. The number of rotatable bonds is 4. The largest absolute Gasteiger partial charge is 0.497 e. The van der Waals surface area contributed by atoms with Crippen LogP contribution in [0.1, 0.15) is 10.4 Å². The van der Waals surface area contributed by atoms with Crippen molar-refractivity contribution in [3.8, 4) is 5.75 Å². The van der Waals surface area contributed by atoms with Crippen LogP contribution < -0.4 is 4.74 Å². The Kier molecular flexibility index (Phi) is 3.94. The lowest BCUT2D eigenvalue weighted by atomic mass is 10.2. The van der Waals surface area contributed by atoms with E-state index in [0.717, 1.165) is 0 Å². The van der Waals surface area contributed by atoms with Gasteiger partial charge in [0.15, 0.2) is 0 Å². The van der Waals surface area contributed by atoms with Gasteiger partial charge in [0.2, 0.25) is 0 Å². The maximum atomic E-state index is 11.2. The fourth-order valence-electron chi connectivity index (χ4n) is 0.893. The molecule has 0 saturated heterocycles. The van der Waals surface area contributed by atoms with E-state index in [-0.39, 0.29) is 6.61 Å². The summed E-state index contributed by atoms with van der Waals surface area (Å²) in [7, 11) is 1.52. The topological polar surface area (TPSA) is 44.8 Å². The van der Waals surface area contributed by atoms with Crippen molar-refractivity contribution < 1.29 is 19.3 Å². The molecule has 14 heavy (non-hydrogen) atoms. The van der Waals surface area contributed by atoms with Gasteiger partial charge in [0.25, 0.3) is 0 Å². The maximum Gasteiger partial charge on any atom is 0.373 e. The lowest BCUT2D eigenvalue weighted by molar-refractivity contribution is -0.232. The summed E-state index contributed by atoms with van der Waals surface area (Å²) in [4.78, 5) is 20.1. The van der Waals surface area contributed by atoms with Crippen LogP contribution in [0.25, 0.3) is 0 Å². The Morgan fingerprint density at radius 1 is 1.50 bits per heavy atom. The molecule has 1 radical (unpaired) electrons. The van der Waals surface area contributed by atoms with Crippen molar-refractivity contribution in [2.75, 3.05) is 13.7 Å². The van der Waals surface area contributed by atoms with E-state index in [9.17, 15) is 4.79 Å². The molecule has 4 nitrogen and oxygen atoms in total. The molecule has 0 N–H and O–H groups in total. The van der Waals surface area contributed by atoms with Crippen LogP contribution in [0.15, 0.2) is 24.3 Å². The highest BCUT2D eigenvalue weighted by Gasteiger charge is 2.08. The van der Waals surface area contributed by atoms with Crippen molar-refractivity contribution in [3.05, 3.63) is 36.8 Å². The fourth-order valence-corrected chi connectivity index (χ4v) is 0.893. The van der Waals surface area contributed by atoms with Crippen LogP contribution in [-0.4, -0.2) is 19.7 Å². The van der Waals surface area contributed by atoms with Crippen molar-refractivity contribution in [1.29, 1.82) is 0 Å². The van der Waals surface area contributed by atoms with Gasteiger partial charge in [-0.15, -0.1) is 0 Å². The molecule has 75 valence electrons. The second-order valence-electron chi connectivity index (χ2n) is 2.42. The minimum atomic E-state index is -0.562. The van der Waals surface area contributed by atoms with Gasteiger partial charge in [-0.1, -0.05) is 6.07 Å². The van der Waals surface area contributed by atoms with Gasteiger partial charge in [-0.3, -0.25) is 4.89 Å². The molecule has 0 aliphatic heterocycles. The van der Waals surface area contributed by atoms with Crippen LogP contribution in [0.2, 0.25) is 0 Å². The molecule has 0 aliphatic carbocycles. The molecule has 0 atom stereocenters. The Bertz CT molecular complexity index is 309. The Hall–Kier alpha value is -1.55. The monoisotopic (exact) mass is 195 g/mol. The van der Waals surface area contributed by atoms with E-state index >= 15 is 0 Å². The van der Waals surface area contributed by atoms with Gasteiger partial charge in [-0.25, -0.2) is 4.79 Å². The number of ether oxygens (including phenoxy) is 1. The zero-order chi connectivity index (χ0) is 10.4. The Balaban J connectivity index is 2.69. The maximum absolute atomic E-state index is 11.2. The molecule has 1 rings (SSSR count). The van der Waals surface area contributed by atoms with Crippen molar-refractivity contribution in [3.63, 3.8) is 0 Å². The first kappa shape index (κ1) is 10.5. The quantitative estimate of drug-likeness (QED) is 0.541. The van der Waals surface area contributed by atoms with Gasteiger partial charge < -0.3 is 4.74 Å². The molecule has 4 heteroatoms. The van der Waals surface area contributed by atoms with Crippen molar-refractivity contribution in [2.45, 2.75) is 0 Å². The predicted octanol–water partition coefficient (Wildman–Crippen LogP) is 1.62. The standard InChI is InChI=1S/C10H11O4/c1-3-13-14-10(11)8-5-4-6-9(7-8)12-2/h4-7H,1,3H2,2H3. The first-order valence-electron chi connectivity index (χ1n) is 4.05. The molecular weight excluding hydrogens is 184 g/mol. The molecule has 0 aliphatic rings. The Morgan fingerprint density at radius 2 is 2.29 bits per heavy atom. The van der Waals surface area contributed by atoms with Crippen molar-refractivity contribution >= 4 is 5.97 Å². The summed E-state index contributed by atoms with van der Waals surface area (Å²) < 4.78 is 4.95. The van der Waals surface area contributed by atoms with Crippen LogP contribution in [0.3, 0.4) is 0 Å². The molecule has 1 aromatic rings. The number of carbonyl (C=O) groups excluding carboxylic acids is 1. The van der Waals surface area contributed by atoms with E-state index in [1.54, 1.807) is 24.3 Å². The van der Waals surface area contributed by atoms with E-state index in [1.165, 1.54) is 7.11 Å². The van der Waals surface area contributed by atoms with Crippen molar-refractivity contribution in [1.82, 2.24) is 0 Å².